The Balaban J connectivity index is 0.000000140. The predicted octanol–water partition coefficient (Wildman–Crippen LogP) is 18.2. The highest BCUT2D eigenvalue weighted by Crippen LogP contribution is 2.37. The van der Waals surface area contributed by atoms with E-state index in [1.807, 2.05) is 82.5 Å². The van der Waals surface area contributed by atoms with E-state index in [1.54, 1.807) is 28.8 Å². The van der Waals surface area contributed by atoms with E-state index in [1.165, 1.54) is 12.1 Å². The molecule has 0 unspecified atom stereocenters. The fourth-order valence-corrected chi connectivity index (χ4v) is 9.28. The third-order valence-corrected chi connectivity index (χ3v) is 11.7. The van der Waals surface area contributed by atoms with Gasteiger partial charge in [-0.2, -0.15) is 0 Å². The largest absolute Gasteiger partial charge is 0.335 e. The van der Waals surface area contributed by atoms with Crippen LogP contribution in [-0.4, -0.2) is 18.3 Å². The van der Waals surface area contributed by atoms with Gasteiger partial charge in [0.15, 0.2) is 0 Å². The third-order valence-electron chi connectivity index (χ3n) is 11.7. The maximum absolute atomic E-state index is 8.30. The Morgan fingerprint density at radius 2 is 0.456 bits per heavy atom. The summed E-state index contributed by atoms with van der Waals surface area (Å²) in [4.78, 5) is 0. The molecule has 0 aliphatic heterocycles. The molecule has 8 aromatic carbocycles. The van der Waals surface area contributed by atoms with E-state index in [0.717, 1.165) is 43.6 Å². The Morgan fingerprint density at radius 3 is 0.794 bits per heavy atom. The van der Waals surface area contributed by atoms with Crippen molar-refractivity contribution in [3.63, 3.8) is 0 Å². The molecule has 4 aromatic heterocycles. The molecule has 0 aliphatic carbocycles. The first kappa shape index (κ1) is 27.7. The third kappa shape index (κ3) is 8.47. The van der Waals surface area contributed by atoms with Gasteiger partial charge < -0.3 is 18.3 Å². The first-order valence-electron chi connectivity index (χ1n) is 32.6. The van der Waals surface area contributed by atoms with E-state index in [2.05, 4.69) is 50.7 Å². The van der Waals surface area contributed by atoms with Gasteiger partial charge in [0.1, 0.15) is 0 Å². The van der Waals surface area contributed by atoms with Crippen LogP contribution >= 0.6 is 0 Å². The average molecular weight is 913 g/mol. The zero-order chi connectivity index (χ0) is 65.6. The van der Waals surface area contributed by atoms with Gasteiger partial charge in [-0.3, -0.25) is 0 Å². The maximum atomic E-state index is 8.30. The SMILES string of the molecule is [2H]c1c([2H])c([2H])c2c(c1[2H])c1c([2H])c([2H])c([2H])c([2H])c1n2C(C)(C)C.[2H]c1cc2c(c([2H])c1[2H])c1c([2H])c([2H])c([2H])cc1n2C(C)(C)C.[2H]c1cc2c3cc([2H])c([2H])cc3n(C(C)(C)C)c2cc1[2H].[2H]c1ccc2c(c1)c1cc([2H])ccc1n2C(C)(C)C. The molecular formula is C64H68N4. The van der Waals surface area contributed by atoms with E-state index in [4.69, 9.17) is 27.4 Å². The fraction of sp³-hybridized carbons (Fsp3) is 0.250. The smallest absolute Gasteiger partial charge is 0.0645 e. The summed E-state index contributed by atoms with van der Waals surface area (Å²) in [7, 11) is 0. The monoisotopic (exact) mass is 913 g/mol. The molecule has 0 bridgehead atoms. The minimum Gasteiger partial charge on any atom is -0.335 e. The lowest BCUT2D eigenvalue weighted by Crippen LogP contribution is -2.21. The second-order valence-electron chi connectivity index (χ2n) is 20.7. The molecule has 0 saturated carbocycles. The lowest BCUT2D eigenvalue weighted by atomic mass is 10.1. The molecule has 4 heterocycles. The lowest BCUT2D eigenvalue weighted by molar-refractivity contribution is 0.423. The van der Waals surface area contributed by atoms with Gasteiger partial charge in [0, 0.05) is 109 Å². The Morgan fingerprint density at radius 1 is 0.235 bits per heavy atom. The average Bonchev–Trinajstić information content (AvgIpc) is 1.63. The van der Waals surface area contributed by atoms with Crippen molar-refractivity contribution in [1.29, 1.82) is 0 Å². The van der Waals surface area contributed by atoms with Crippen LogP contribution in [0.1, 0.15) is 111 Å². The van der Waals surface area contributed by atoms with E-state index in [-0.39, 0.29) is 130 Å². The van der Waals surface area contributed by atoms with Crippen LogP contribution < -0.4 is 0 Å². The van der Waals surface area contributed by atoms with Crippen molar-refractivity contribution in [2.75, 3.05) is 0 Å². The first-order chi connectivity index (χ1) is 40.5. The van der Waals surface area contributed by atoms with Crippen LogP contribution in [0.4, 0.5) is 0 Å². The van der Waals surface area contributed by atoms with Crippen LogP contribution in [-0.2, 0) is 22.2 Å². The predicted molar refractivity (Wildman–Crippen MR) is 298 cm³/mol. The molecule has 0 N–H and O–H groups in total. The summed E-state index contributed by atoms with van der Waals surface area (Å²) in [6.45, 7) is 24.1. The fourth-order valence-electron chi connectivity index (χ4n) is 9.28. The van der Waals surface area contributed by atoms with Gasteiger partial charge >= 0.3 is 0 Å². The molecule has 0 fully saturated rings. The van der Waals surface area contributed by atoms with Crippen LogP contribution in [0.2, 0.25) is 0 Å². The van der Waals surface area contributed by atoms with Crippen molar-refractivity contribution < 1.29 is 27.4 Å². The minimum absolute atomic E-state index is 0.0346. The molecule has 68 heavy (non-hydrogen) atoms. The second-order valence-corrected chi connectivity index (χ2v) is 20.7. The molecular weight excluding hydrogens is 825 g/mol. The summed E-state index contributed by atoms with van der Waals surface area (Å²) in [5, 5.41) is 4.94. The van der Waals surface area contributed by atoms with Crippen LogP contribution in [0.3, 0.4) is 0 Å². The van der Waals surface area contributed by atoms with Crippen molar-refractivity contribution in [3.8, 4) is 0 Å². The van der Waals surface area contributed by atoms with Gasteiger partial charge in [-0.1, -0.05) is 145 Å². The number of hydrogen-bond acceptors (Lipinski definition) is 0. The summed E-state index contributed by atoms with van der Waals surface area (Å²) in [5.41, 5.74) is 4.29. The van der Waals surface area contributed by atoms with Crippen LogP contribution in [0, 0.1) is 0 Å². The zero-order valence-electron chi connectivity index (χ0n) is 60.7. The first-order valence-corrected chi connectivity index (χ1v) is 22.6. The van der Waals surface area contributed by atoms with Gasteiger partial charge in [-0.25, -0.2) is 0 Å². The normalized spacial score (nSPS) is 16.5. The van der Waals surface area contributed by atoms with Gasteiger partial charge in [0.2, 0.25) is 0 Å². The Kier molecular flexibility index (Phi) is 7.15. The van der Waals surface area contributed by atoms with E-state index < -0.39 is 23.2 Å². The van der Waals surface area contributed by atoms with E-state index >= 15 is 0 Å². The summed E-state index contributed by atoms with van der Waals surface area (Å²) in [6.07, 6.45) is 0. The second kappa shape index (κ2) is 17.6. The number of nitrogens with zero attached hydrogens (tertiary/aromatic N) is 4. The minimum atomic E-state index is -0.656. The highest BCUT2D eigenvalue weighted by Gasteiger charge is 2.23. The number of hydrogen-bond donors (Lipinski definition) is 0. The maximum Gasteiger partial charge on any atom is 0.0645 e. The number of fused-ring (bicyclic) bond motifs is 12. The molecule has 12 rings (SSSR count). The summed E-state index contributed by atoms with van der Waals surface area (Å²) >= 11 is 0. The molecule has 0 spiro atoms. The molecule has 12 aromatic rings. The molecule has 0 atom stereocenters. The van der Waals surface area contributed by atoms with Crippen molar-refractivity contribution in [2.45, 2.75) is 105 Å². The highest BCUT2D eigenvalue weighted by molar-refractivity contribution is 6.11. The van der Waals surface area contributed by atoms with Gasteiger partial charge in [-0.05, 0) is 132 Å². The molecule has 4 nitrogen and oxygen atoms in total. The Hall–Kier alpha value is -7.04. The zero-order valence-corrected chi connectivity index (χ0v) is 40.7. The van der Waals surface area contributed by atoms with Crippen molar-refractivity contribution in [2.24, 2.45) is 0 Å². The van der Waals surface area contributed by atoms with Gasteiger partial charge in [0.05, 0.1) is 27.4 Å². The Bertz CT molecular complexity index is 4630. The number of para-hydroxylation sites is 8. The molecule has 0 radical (unpaired) electrons. The van der Waals surface area contributed by atoms with Gasteiger partial charge in [-0.15, -0.1) is 0 Å². The molecule has 4 heteroatoms. The standard InChI is InChI=1S/4C16H17N/c4*1-16(2,3)17-14-10-6-4-8-12(14)13-9-5-7-11-15(13)17/h4*4-11H,1-3H3/i4D,5D,6D,7D,8D,9D,10D,11D;4D,5D,6D,7D,8D,9D;4D,5D,6D,7D;4D,5D. The molecule has 0 saturated heterocycles. The molecule has 0 amide bonds. The Labute approximate surface area is 431 Å². The van der Waals surface area contributed by atoms with Crippen LogP contribution in [0.15, 0.2) is 194 Å². The quantitative estimate of drug-likeness (QED) is 0.144. The van der Waals surface area contributed by atoms with E-state index in [0.29, 0.717) is 33.9 Å². The summed E-state index contributed by atoms with van der Waals surface area (Å²) < 4.78 is 168. The highest BCUT2D eigenvalue weighted by atomic mass is 15.1. The van der Waals surface area contributed by atoms with Crippen molar-refractivity contribution >= 4 is 87.2 Å². The van der Waals surface area contributed by atoms with Gasteiger partial charge in [0.25, 0.3) is 0 Å². The summed E-state index contributed by atoms with van der Waals surface area (Å²) in [6, 6.07) is 19.7. The number of benzene rings is 8. The van der Waals surface area contributed by atoms with E-state index in [9.17, 15) is 0 Å². The number of rotatable bonds is 0. The topological polar surface area (TPSA) is 19.7 Å². The van der Waals surface area contributed by atoms with Crippen molar-refractivity contribution in [1.82, 2.24) is 18.3 Å². The molecule has 344 valence electrons. The van der Waals surface area contributed by atoms with Crippen LogP contribution in [0.5, 0.6) is 0 Å². The molecule has 0 aliphatic rings. The lowest BCUT2D eigenvalue weighted by Gasteiger charge is -2.24. The summed E-state index contributed by atoms with van der Waals surface area (Å²) in [5.74, 6) is 0. The number of aromatic nitrogens is 4. The van der Waals surface area contributed by atoms with Crippen molar-refractivity contribution in [3.05, 3.63) is 194 Å². The van der Waals surface area contributed by atoms with Crippen LogP contribution in [0.25, 0.3) is 87.2 Å².